The molecule has 0 spiro atoms. The van der Waals surface area contributed by atoms with E-state index in [-0.39, 0.29) is 5.41 Å². The molecule has 0 aliphatic heterocycles. The molecule has 20 heavy (non-hydrogen) atoms. The van der Waals surface area contributed by atoms with E-state index in [0.29, 0.717) is 0 Å². The van der Waals surface area contributed by atoms with E-state index in [0.717, 1.165) is 24.3 Å². The molecule has 3 nitrogen and oxygen atoms in total. The highest BCUT2D eigenvalue weighted by Crippen LogP contribution is 2.39. The minimum atomic E-state index is 0.191. The van der Waals surface area contributed by atoms with Crippen LogP contribution in [0.5, 0.6) is 0 Å². The van der Waals surface area contributed by atoms with Crippen LogP contribution in [-0.4, -0.2) is 16.1 Å². The van der Waals surface area contributed by atoms with Crippen LogP contribution in [0.2, 0.25) is 0 Å². The number of rotatable bonds is 3. The molecule has 1 saturated carbocycles. The highest BCUT2D eigenvalue weighted by Gasteiger charge is 2.32. The standard InChI is InChI=1S/C17H25N3/c1-3-16-19-14-11-13(7-8-15(14)20(16)2)17(12-18)9-5-4-6-10-17/h7-8,11H,3-6,9-10,12,18H2,1-2H3. The monoisotopic (exact) mass is 271 g/mol. The van der Waals surface area contributed by atoms with Crippen LogP contribution in [0.3, 0.4) is 0 Å². The summed E-state index contributed by atoms with van der Waals surface area (Å²) >= 11 is 0. The fourth-order valence-electron chi connectivity index (χ4n) is 3.73. The summed E-state index contributed by atoms with van der Waals surface area (Å²) in [6.45, 7) is 2.91. The molecule has 1 aromatic carbocycles. The van der Waals surface area contributed by atoms with E-state index in [1.54, 1.807) is 0 Å². The summed E-state index contributed by atoms with van der Waals surface area (Å²) in [7, 11) is 2.10. The van der Waals surface area contributed by atoms with Crippen molar-refractivity contribution in [3.05, 3.63) is 29.6 Å². The van der Waals surface area contributed by atoms with Crippen molar-refractivity contribution in [2.24, 2.45) is 12.8 Å². The summed E-state index contributed by atoms with van der Waals surface area (Å²) in [5.74, 6) is 1.16. The van der Waals surface area contributed by atoms with Crippen molar-refractivity contribution in [3.8, 4) is 0 Å². The highest BCUT2D eigenvalue weighted by atomic mass is 15.1. The maximum Gasteiger partial charge on any atom is 0.109 e. The second-order valence-corrected chi connectivity index (χ2v) is 6.19. The highest BCUT2D eigenvalue weighted by molar-refractivity contribution is 5.77. The molecule has 0 atom stereocenters. The van der Waals surface area contributed by atoms with E-state index in [4.69, 9.17) is 10.7 Å². The van der Waals surface area contributed by atoms with Crippen LogP contribution in [0.1, 0.15) is 50.4 Å². The van der Waals surface area contributed by atoms with Gasteiger partial charge in [-0.25, -0.2) is 4.98 Å². The molecular weight excluding hydrogens is 246 g/mol. The molecule has 1 aliphatic carbocycles. The van der Waals surface area contributed by atoms with Gasteiger partial charge >= 0.3 is 0 Å². The van der Waals surface area contributed by atoms with Crippen LogP contribution in [-0.2, 0) is 18.9 Å². The Balaban J connectivity index is 2.07. The second kappa shape index (κ2) is 5.21. The fraction of sp³-hybridized carbons (Fsp3) is 0.588. The maximum atomic E-state index is 6.15. The van der Waals surface area contributed by atoms with Crippen molar-refractivity contribution in [1.82, 2.24) is 9.55 Å². The molecule has 1 fully saturated rings. The number of aromatic nitrogens is 2. The average Bonchev–Trinajstić information content (AvgIpc) is 2.84. The predicted molar refractivity (Wildman–Crippen MR) is 83.9 cm³/mol. The summed E-state index contributed by atoms with van der Waals surface area (Å²) in [5.41, 5.74) is 10.1. The molecule has 1 heterocycles. The summed E-state index contributed by atoms with van der Waals surface area (Å²) in [6.07, 6.45) is 7.39. The largest absolute Gasteiger partial charge is 0.331 e. The Hall–Kier alpha value is -1.35. The smallest absolute Gasteiger partial charge is 0.109 e. The molecule has 3 heteroatoms. The average molecular weight is 271 g/mol. The molecule has 0 amide bonds. The van der Waals surface area contributed by atoms with Crippen LogP contribution in [0.25, 0.3) is 11.0 Å². The Bertz CT molecular complexity index is 606. The van der Waals surface area contributed by atoms with Crippen LogP contribution in [0, 0.1) is 0 Å². The van der Waals surface area contributed by atoms with Crippen LogP contribution >= 0.6 is 0 Å². The van der Waals surface area contributed by atoms with Gasteiger partial charge in [0, 0.05) is 25.4 Å². The number of fused-ring (bicyclic) bond motifs is 1. The number of benzene rings is 1. The number of nitrogens with zero attached hydrogens (tertiary/aromatic N) is 2. The van der Waals surface area contributed by atoms with E-state index >= 15 is 0 Å². The minimum Gasteiger partial charge on any atom is -0.331 e. The molecule has 0 radical (unpaired) electrons. The van der Waals surface area contributed by atoms with E-state index in [2.05, 4.69) is 36.7 Å². The topological polar surface area (TPSA) is 43.8 Å². The zero-order valence-electron chi connectivity index (χ0n) is 12.7. The molecule has 108 valence electrons. The lowest BCUT2D eigenvalue weighted by Gasteiger charge is -2.36. The maximum absolute atomic E-state index is 6.15. The Labute approximate surface area is 121 Å². The van der Waals surface area contributed by atoms with Gasteiger partial charge < -0.3 is 10.3 Å². The lowest BCUT2D eigenvalue weighted by molar-refractivity contribution is 0.301. The van der Waals surface area contributed by atoms with Crippen LogP contribution in [0.15, 0.2) is 18.2 Å². The number of imidazole rings is 1. The lowest BCUT2D eigenvalue weighted by Crippen LogP contribution is -2.37. The van der Waals surface area contributed by atoms with E-state index in [9.17, 15) is 0 Å². The molecule has 0 bridgehead atoms. The van der Waals surface area contributed by atoms with Crippen molar-refractivity contribution >= 4 is 11.0 Å². The third kappa shape index (κ3) is 2.05. The number of nitrogens with two attached hydrogens (primary N) is 1. The predicted octanol–water partition coefficient (Wildman–Crippen LogP) is 3.30. The molecule has 1 aliphatic rings. The first-order valence-corrected chi connectivity index (χ1v) is 7.86. The Kier molecular flexibility index (Phi) is 3.55. The number of hydrogen-bond donors (Lipinski definition) is 1. The quantitative estimate of drug-likeness (QED) is 0.931. The second-order valence-electron chi connectivity index (χ2n) is 6.19. The molecule has 0 unspecified atom stereocenters. The van der Waals surface area contributed by atoms with E-state index in [1.165, 1.54) is 43.2 Å². The first-order chi connectivity index (χ1) is 9.70. The van der Waals surface area contributed by atoms with E-state index in [1.807, 2.05) is 0 Å². The Morgan fingerprint density at radius 2 is 2.00 bits per heavy atom. The molecule has 2 N–H and O–H groups in total. The molecule has 2 aromatic rings. The summed E-state index contributed by atoms with van der Waals surface area (Å²) in [4.78, 5) is 4.77. The van der Waals surface area contributed by atoms with Gasteiger partial charge in [-0.15, -0.1) is 0 Å². The van der Waals surface area contributed by atoms with Gasteiger partial charge in [0.15, 0.2) is 0 Å². The summed E-state index contributed by atoms with van der Waals surface area (Å²) in [6, 6.07) is 6.79. The van der Waals surface area contributed by atoms with Gasteiger partial charge in [0.05, 0.1) is 11.0 Å². The van der Waals surface area contributed by atoms with Gasteiger partial charge in [-0.05, 0) is 30.5 Å². The summed E-state index contributed by atoms with van der Waals surface area (Å²) < 4.78 is 2.20. The molecular formula is C17H25N3. The zero-order chi connectivity index (χ0) is 14.2. The van der Waals surface area contributed by atoms with Gasteiger partial charge in [0.25, 0.3) is 0 Å². The summed E-state index contributed by atoms with van der Waals surface area (Å²) in [5, 5.41) is 0. The third-order valence-corrected chi connectivity index (χ3v) is 5.10. The van der Waals surface area contributed by atoms with Crippen molar-refractivity contribution in [1.29, 1.82) is 0 Å². The van der Waals surface area contributed by atoms with Crippen LogP contribution < -0.4 is 5.73 Å². The van der Waals surface area contributed by atoms with Gasteiger partial charge in [0.2, 0.25) is 0 Å². The molecule has 1 aromatic heterocycles. The van der Waals surface area contributed by atoms with Crippen molar-refractivity contribution < 1.29 is 0 Å². The molecule has 0 saturated heterocycles. The lowest BCUT2D eigenvalue weighted by atomic mass is 9.69. The number of aryl methyl sites for hydroxylation is 2. The fourth-order valence-corrected chi connectivity index (χ4v) is 3.73. The van der Waals surface area contributed by atoms with Gasteiger partial charge in [-0.2, -0.15) is 0 Å². The SMILES string of the molecule is CCc1nc2cc(C3(CN)CCCCC3)ccc2n1C. The third-order valence-electron chi connectivity index (χ3n) is 5.10. The van der Waals surface area contributed by atoms with Crippen LogP contribution in [0.4, 0.5) is 0 Å². The Morgan fingerprint density at radius 1 is 1.25 bits per heavy atom. The Morgan fingerprint density at radius 3 is 2.65 bits per heavy atom. The van der Waals surface area contributed by atoms with Gasteiger partial charge in [0.1, 0.15) is 5.82 Å². The first kappa shape index (κ1) is 13.6. The minimum absolute atomic E-state index is 0.191. The van der Waals surface area contributed by atoms with E-state index < -0.39 is 0 Å². The zero-order valence-corrected chi connectivity index (χ0v) is 12.7. The normalized spacial score (nSPS) is 18.6. The van der Waals surface area contributed by atoms with Crippen molar-refractivity contribution in [3.63, 3.8) is 0 Å². The number of hydrogen-bond acceptors (Lipinski definition) is 2. The van der Waals surface area contributed by atoms with Crippen molar-refractivity contribution in [2.45, 2.75) is 50.9 Å². The van der Waals surface area contributed by atoms with Gasteiger partial charge in [-0.1, -0.05) is 32.3 Å². The van der Waals surface area contributed by atoms with Gasteiger partial charge in [-0.3, -0.25) is 0 Å². The first-order valence-electron chi connectivity index (χ1n) is 7.86. The molecule has 3 rings (SSSR count). The van der Waals surface area contributed by atoms with Crippen molar-refractivity contribution in [2.75, 3.05) is 6.54 Å².